The van der Waals surface area contributed by atoms with Crippen molar-refractivity contribution < 1.29 is 5.11 Å². The van der Waals surface area contributed by atoms with E-state index in [0.717, 1.165) is 0 Å². The zero-order chi connectivity index (χ0) is 5.28. The second-order valence-corrected chi connectivity index (χ2v) is 2.08. The third kappa shape index (κ3) is 0.718. The van der Waals surface area contributed by atoms with E-state index in [-0.39, 0.29) is 0 Å². The largest absolute Gasteiger partial charge is 0.498 e. The maximum Gasteiger partial charge on any atom is 0.194 e. The van der Waals surface area contributed by atoms with Crippen LogP contribution in [0.15, 0.2) is 5.51 Å². The first-order chi connectivity index (χ1) is 3.30. The Hall–Kier alpha value is -0.570. The van der Waals surface area contributed by atoms with Gasteiger partial charge in [0.2, 0.25) is 0 Å². The maximum atomic E-state index is 8.72. The second-order valence-electron chi connectivity index (χ2n) is 1.24. The van der Waals surface area contributed by atoms with Crippen LogP contribution in [0.25, 0.3) is 0 Å². The van der Waals surface area contributed by atoms with Crippen LogP contribution >= 0.6 is 11.3 Å². The van der Waals surface area contributed by atoms with Crippen molar-refractivity contribution in [3.8, 4) is 5.06 Å². The summed E-state index contributed by atoms with van der Waals surface area (Å²) in [5.41, 5.74) is 2.33. The van der Waals surface area contributed by atoms with Crippen LogP contribution in [0.3, 0.4) is 0 Å². The highest BCUT2D eigenvalue weighted by atomic mass is 32.1. The smallest absolute Gasteiger partial charge is 0.194 e. The number of aryl methyl sites for hydroxylation is 1. The molecule has 38 valence electrons. The molecule has 1 aromatic rings. The van der Waals surface area contributed by atoms with Gasteiger partial charge in [0, 0.05) is 0 Å². The third-order valence-electron chi connectivity index (χ3n) is 0.720. The average Bonchev–Trinajstić information content (AvgIpc) is 1.91. The van der Waals surface area contributed by atoms with E-state index in [1.54, 1.807) is 12.4 Å². The molecular formula is C4H5NOS. The van der Waals surface area contributed by atoms with E-state index in [4.69, 9.17) is 5.11 Å². The fraction of sp³-hybridized carbons (Fsp3) is 0.250. The number of nitrogens with zero attached hydrogens (tertiary/aromatic N) is 1. The summed E-state index contributed by atoms with van der Waals surface area (Å²) >= 11 is 1.25. The molecule has 0 unspecified atom stereocenters. The van der Waals surface area contributed by atoms with E-state index in [0.29, 0.717) is 10.8 Å². The summed E-state index contributed by atoms with van der Waals surface area (Å²) in [5.74, 6) is 0. The van der Waals surface area contributed by atoms with Crippen LogP contribution in [-0.2, 0) is 0 Å². The monoisotopic (exact) mass is 115 g/mol. The summed E-state index contributed by atoms with van der Waals surface area (Å²) in [5, 5.41) is 9.03. The summed E-state index contributed by atoms with van der Waals surface area (Å²) in [6, 6.07) is 0. The molecule has 2 nitrogen and oxygen atoms in total. The minimum atomic E-state index is 0.319. The zero-order valence-corrected chi connectivity index (χ0v) is 4.70. The van der Waals surface area contributed by atoms with E-state index in [1.807, 2.05) is 0 Å². The lowest BCUT2D eigenvalue weighted by molar-refractivity contribution is 0.485. The second kappa shape index (κ2) is 1.50. The number of rotatable bonds is 0. The van der Waals surface area contributed by atoms with Crippen LogP contribution in [0.1, 0.15) is 5.69 Å². The van der Waals surface area contributed by atoms with Gasteiger partial charge >= 0.3 is 0 Å². The number of aromatic nitrogens is 1. The molecule has 0 atom stereocenters. The van der Waals surface area contributed by atoms with Crippen molar-refractivity contribution in [3.05, 3.63) is 11.2 Å². The van der Waals surface area contributed by atoms with Gasteiger partial charge in [0.1, 0.15) is 0 Å². The van der Waals surface area contributed by atoms with E-state index >= 15 is 0 Å². The van der Waals surface area contributed by atoms with Gasteiger partial charge in [-0.15, -0.1) is 0 Å². The Morgan fingerprint density at radius 3 is 2.71 bits per heavy atom. The lowest BCUT2D eigenvalue weighted by Gasteiger charge is -1.77. The number of hydrogen-bond acceptors (Lipinski definition) is 3. The van der Waals surface area contributed by atoms with E-state index < -0.39 is 0 Å². The van der Waals surface area contributed by atoms with Gasteiger partial charge in [-0.05, 0) is 6.92 Å². The van der Waals surface area contributed by atoms with Crippen LogP contribution in [0.2, 0.25) is 0 Å². The molecule has 0 saturated carbocycles. The molecule has 0 aliphatic heterocycles. The fourth-order valence-electron chi connectivity index (χ4n) is 0.296. The topological polar surface area (TPSA) is 33.1 Å². The first-order valence-corrected chi connectivity index (χ1v) is 2.77. The lowest BCUT2D eigenvalue weighted by Crippen LogP contribution is -1.63. The summed E-state index contributed by atoms with van der Waals surface area (Å²) < 4.78 is 0. The van der Waals surface area contributed by atoms with E-state index in [9.17, 15) is 0 Å². The van der Waals surface area contributed by atoms with Crippen molar-refractivity contribution in [1.29, 1.82) is 0 Å². The summed E-state index contributed by atoms with van der Waals surface area (Å²) in [4.78, 5) is 3.78. The molecule has 1 N–H and O–H groups in total. The van der Waals surface area contributed by atoms with Gasteiger partial charge in [0.15, 0.2) is 5.06 Å². The van der Waals surface area contributed by atoms with Crippen LogP contribution in [-0.4, -0.2) is 10.1 Å². The predicted octanol–water partition coefficient (Wildman–Crippen LogP) is 1.16. The van der Waals surface area contributed by atoms with Gasteiger partial charge in [-0.1, -0.05) is 11.3 Å². The summed E-state index contributed by atoms with van der Waals surface area (Å²) in [7, 11) is 0. The van der Waals surface area contributed by atoms with Gasteiger partial charge < -0.3 is 5.11 Å². The SMILES string of the molecule is Cc1ncsc1O. The minimum absolute atomic E-state index is 0.319. The van der Waals surface area contributed by atoms with Gasteiger partial charge in [-0.2, -0.15) is 0 Å². The van der Waals surface area contributed by atoms with E-state index in [2.05, 4.69) is 4.98 Å². The van der Waals surface area contributed by atoms with Crippen LogP contribution in [0.5, 0.6) is 5.06 Å². The molecular weight excluding hydrogens is 110 g/mol. The van der Waals surface area contributed by atoms with Crippen molar-refractivity contribution in [2.45, 2.75) is 6.92 Å². The fourth-order valence-corrected chi connectivity index (χ4v) is 0.830. The molecule has 0 fully saturated rings. The Morgan fingerprint density at radius 1 is 1.86 bits per heavy atom. The van der Waals surface area contributed by atoms with Crippen LogP contribution in [0.4, 0.5) is 0 Å². The van der Waals surface area contributed by atoms with E-state index in [1.165, 1.54) is 11.3 Å². The molecule has 0 radical (unpaired) electrons. The Kier molecular flexibility index (Phi) is 0.982. The van der Waals surface area contributed by atoms with Crippen molar-refractivity contribution in [1.82, 2.24) is 4.98 Å². The molecule has 1 aromatic heterocycles. The molecule has 1 heterocycles. The molecule has 0 aliphatic rings. The quantitative estimate of drug-likeness (QED) is 0.550. The van der Waals surface area contributed by atoms with Crippen molar-refractivity contribution >= 4 is 11.3 Å². The molecule has 0 saturated heterocycles. The normalized spacial score (nSPS) is 9.29. The minimum Gasteiger partial charge on any atom is -0.498 e. The lowest BCUT2D eigenvalue weighted by atomic mass is 10.6. The molecule has 0 aromatic carbocycles. The Labute approximate surface area is 45.5 Å². The molecule has 0 aliphatic carbocycles. The highest BCUT2D eigenvalue weighted by Gasteiger charge is 1.92. The van der Waals surface area contributed by atoms with Crippen molar-refractivity contribution in [3.63, 3.8) is 0 Å². The van der Waals surface area contributed by atoms with Crippen molar-refractivity contribution in [2.24, 2.45) is 0 Å². The van der Waals surface area contributed by atoms with Crippen molar-refractivity contribution in [2.75, 3.05) is 0 Å². The molecule has 0 spiro atoms. The standard InChI is InChI=1S/C4H5NOS/c1-3-4(6)7-2-5-3/h2,6H,1H3. The molecule has 0 bridgehead atoms. The third-order valence-corrected chi connectivity index (χ3v) is 1.45. The van der Waals surface area contributed by atoms with Gasteiger partial charge in [0.05, 0.1) is 11.2 Å². The average molecular weight is 115 g/mol. The highest BCUT2D eigenvalue weighted by molar-refractivity contribution is 7.11. The Balaban J connectivity index is 3.12. The number of aromatic hydroxyl groups is 1. The Bertz CT molecular complexity index is 144. The molecule has 3 heteroatoms. The summed E-state index contributed by atoms with van der Waals surface area (Å²) in [6.07, 6.45) is 0. The Morgan fingerprint density at radius 2 is 2.57 bits per heavy atom. The maximum absolute atomic E-state index is 8.72. The highest BCUT2D eigenvalue weighted by Crippen LogP contribution is 2.18. The summed E-state index contributed by atoms with van der Waals surface area (Å²) in [6.45, 7) is 1.77. The first kappa shape index (κ1) is 4.59. The van der Waals surface area contributed by atoms with Gasteiger partial charge in [-0.3, -0.25) is 0 Å². The van der Waals surface area contributed by atoms with Crippen LogP contribution in [0, 0.1) is 6.92 Å². The molecule has 7 heavy (non-hydrogen) atoms. The molecule has 0 amide bonds. The predicted molar refractivity (Wildman–Crippen MR) is 28.5 cm³/mol. The number of hydrogen-bond donors (Lipinski definition) is 1. The zero-order valence-electron chi connectivity index (χ0n) is 3.88. The first-order valence-electron chi connectivity index (χ1n) is 1.90. The van der Waals surface area contributed by atoms with Gasteiger partial charge in [-0.25, -0.2) is 4.98 Å². The number of thiazole rings is 1. The van der Waals surface area contributed by atoms with Gasteiger partial charge in [0.25, 0.3) is 0 Å². The van der Waals surface area contributed by atoms with Crippen LogP contribution < -0.4 is 0 Å². The molecule has 1 rings (SSSR count).